The van der Waals surface area contributed by atoms with Crippen LogP contribution >= 0.6 is 11.6 Å². The van der Waals surface area contributed by atoms with Crippen molar-refractivity contribution in [2.45, 2.75) is 0 Å². The van der Waals surface area contributed by atoms with Gasteiger partial charge in [0.2, 0.25) is 5.82 Å². The van der Waals surface area contributed by atoms with Crippen molar-refractivity contribution in [3.63, 3.8) is 0 Å². The number of ether oxygens (including phenoxy) is 1. The number of amides is 1. The van der Waals surface area contributed by atoms with E-state index in [0.717, 1.165) is 0 Å². The first-order chi connectivity index (χ1) is 14.6. The molecular weight excluding hydrogens is 407 g/mol. The summed E-state index contributed by atoms with van der Waals surface area (Å²) in [6, 6.07) is 20.1. The number of halogens is 2. The molecule has 0 aliphatic heterocycles. The van der Waals surface area contributed by atoms with E-state index < -0.39 is 11.7 Å². The predicted octanol–water partition coefficient (Wildman–Crippen LogP) is 4.99. The Bertz CT molecular complexity index is 1210. The molecule has 4 rings (SSSR count). The lowest BCUT2D eigenvalue weighted by atomic mass is 10.2. The lowest BCUT2D eigenvalue weighted by Gasteiger charge is -2.08. The third kappa shape index (κ3) is 3.88. The quantitative estimate of drug-likeness (QED) is 0.492. The number of nitrogens with zero attached hydrogens (tertiary/aromatic N) is 3. The molecule has 0 unspecified atom stereocenters. The van der Waals surface area contributed by atoms with E-state index in [1.165, 1.54) is 22.9 Å². The first-order valence-corrected chi connectivity index (χ1v) is 9.37. The second-order valence-corrected chi connectivity index (χ2v) is 6.69. The van der Waals surface area contributed by atoms with Crippen LogP contribution in [-0.2, 0) is 0 Å². The Balaban J connectivity index is 1.78. The zero-order valence-corrected chi connectivity index (χ0v) is 16.6. The molecule has 3 aromatic carbocycles. The van der Waals surface area contributed by atoms with Gasteiger partial charge in [0.15, 0.2) is 5.82 Å². The van der Waals surface area contributed by atoms with Crippen LogP contribution in [0.4, 0.5) is 10.1 Å². The first-order valence-electron chi connectivity index (χ1n) is 8.99. The lowest BCUT2D eigenvalue weighted by molar-refractivity contribution is 0.101. The summed E-state index contributed by atoms with van der Waals surface area (Å²) < 4.78 is 20.6. The van der Waals surface area contributed by atoms with Gasteiger partial charge in [-0.25, -0.2) is 14.1 Å². The standard InChI is InChI=1S/C22H16ClFN4O2/c1-30-15-12-10-14(11-13-15)21-26-20(22(29)25-18-8-4-3-7-17(18)24)27-28(21)19-9-5-2-6-16(19)23/h2-13H,1H3,(H,25,29). The Labute approximate surface area is 176 Å². The molecule has 0 spiro atoms. The molecule has 1 heterocycles. The van der Waals surface area contributed by atoms with E-state index in [1.807, 2.05) is 0 Å². The average molecular weight is 423 g/mol. The highest BCUT2D eigenvalue weighted by Gasteiger charge is 2.21. The topological polar surface area (TPSA) is 69.0 Å². The number of carbonyl (C=O) groups is 1. The lowest BCUT2D eigenvalue weighted by Crippen LogP contribution is -2.15. The maximum absolute atomic E-state index is 13.9. The molecule has 0 aliphatic carbocycles. The summed E-state index contributed by atoms with van der Waals surface area (Å²) in [4.78, 5) is 17.1. The fraction of sp³-hybridized carbons (Fsp3) is 0.0455. The number of nitrogens with one attached hydrogen (secondary N) is 1. The minimum absolute atomic E-state index is 0.0441. The largest absolute Gasteiger partial charge is 0.497 e. The van der Waals surface area contributed by atoms with E-state index >= 15 is 0 Å². The number of rotatable bonds is 5. The van der Waals surface area contributed by atoms with Crippen molar-refractivity contribution in [2.75, 3.05) is 12.4 Å². The van der Waals surface area contributed by atoms with Gasteiger partial charge in [-0.3, -0.25) is 4.79 Å². The molecule has 30 heavy (non-hydrogen) atoms. The number of hydrogen-bond donors (Lipinski definition) is 1. The second kappa shape index (κ2) is 8.34. The molecule has 6 nitrogen and oxygen atoms in total. The SMILES string of the molecule is COc1ccc(-c2nc(C(=O)Nc3ccccc3F)nn2-c2ccccc2Cl)cc1. The van der Waals surface area contributed by atoms with E-state index in [2.05, 4.69) is 15.4 Å². The van der Waals surface area contributed by atoms with E-state index in [1.54, 1.807) is 61.7 Å². The first kappa shape index (κ1) is 19.6. The van der Waals surface area contributed by atoms with Crippen molar-refractivity contribution in [1.29, 1.82) is 0 Å². The normalized spacial score (nSPS) is 10.6. The summed E-state index contributed by atoms with van der Waals surface area (Å²) in [5.41, 5.74) is 1.30. The summed E-state index contributed by atoms with van der Waals surface area (Å²) in [6.07, 6.45) is 0. The molecule has 0 atom stereocenters. The van der Waals surface area contributed by atoms with Gasteiger partial charge in [-0.05, 0) is 48.5 Å². The van der Waals surface area contributed by atoms with Gasteiger partial charge < -0.3 is 10.1 Å². The van der Waals surface area contributed by atoms with Crippen LogP contribution in [0.15, 0.2) is 72.8 Å². The Morgan fingerprint density at radius 3 is 2.43 bits per heavy atom. The molecular formula is C22H16ClFN4O2. The number of aromatic nitrogens is 3. The molecule has 0 saturated carbocycles. The smallest absolute Gasteiger partial charge is 0.295 e. The van der Waals surface area contributed by atoms with E-state index in [4.69, 9.17) is 16.3 Å². The van der Waals surface area contributed by atoms with Gasteiger partial charge in [-0.1, -0.05) is 35.9 Å². The van der Waals surface area contributed by atoms with Crippen LogP contribution in [-0.4, -0.2) is 27.8 Å². The third-order valence-corrected chi connectivity index (χ3v) is 4.68. The van der Waals surface area contributed by atoms with Crippen molar-refractivity contribution in [2.24, 2.45) is 0 Å². The average Bonchev–Trinajstić information content (AvgIpc) is 3.21. The highest BCUT2D eigenvalue weighted by Crippen LogP contribution is 2.27. The molecule has 4 aromatic rings. The number of para-hydroxylation sites is 2. The molecule has 0 aliphatic rings. The predicted molar refractivity (Wildman–Crippen MR) is 113 cm³/mol. The van der Waals surface area contributed by atoms with Crippen molar-refractivity contribution >= 4 is 23.2 Å². The highest BCUT2D eigenvalue weighted by atomic mass is 35.5. The summed E-state index contributed by atoms with van der Waals surface area (Å²) >= 11 is 6.35. The Morgan fingerprint density at radius 2 is 1.73 bits per heavy atom. The van der Waals surface area contributed by atoms with E-state index in [9.17, 15) is 9.18 Å². The highest BCUT2D eigenvalue weighted by molar-refractivity contribution is 6.32. The molecule has 8 heteroatoms. The molecule has 0 saturated heterocycles. The van der Waals surface area contributed by atoms with Gasteiger partial charge in [0.1, 0.15) is 11.6 Å². The monoisotopic (exact) mass is 422 g/mol. The molecule has 1 amide bonds. The van der Waals surface area contributed by atoms with Gasteiger partial charge in [-0.15, -0.1) is 5.10 Å². The van der Waals surface area contributed by atoms with Gasteiger partial charge >= 0.3 is 0 Å². The van der Waals surface area contributed by atoms with E-state index in [0.29, 0.717) is 27.8 Å². The molecule has 1 aromatic heterocycles. The molecule has 0 bridgehead atoms. The van der Waals surface area contributed by atoms with Gasteiger partial charge in [0.05, 0.1) is 23.5 Å². The fourth-order valence-corrected chi connectivity index (χ4v) is 3.08. The Morgan fingerprint density at radius 1 is 1.03 bits per heavy atom. The Hall–Kier alpha value is -3.71. The molecule has 0 fully saturated rings. The van der Waals surface area contributed by atoms with Gasteiger partial charge in [-0.2, -0.15) is 0 Å². The van der Waals surface area contributed by atoms with Crippen LogP contribution in [0.2, 0.25) is 5.02 Å². The third-order valence-electron chi connectivity index (χ3n) is 4.36. The number of anilines is 1. The maximum atomic E-state index is 13.9. The summed E-state index contributed by atoms with van der Waals surface area (Å²) in [5, 5.41) is 7.28. The molecule has 1 N–H and O–H groups in total. The number of benzene rings is 3. The zero-order valence-electron chi connectivity index (χ0n) is 15.8. The van der Waals surface area contributed by atoms with Crippen LogP contribution in [0.25, 0.3) is 17.1 Å². The van der Waals surface area contributed by atoms with Crippen molar-refractivity contribution < 1.29 is 13.9 Å². The van der Waals surface area contributed by atoms with Gasteiger partial charge in [0.25, 0.3) is 5.91 Å². The number of carbonyl (C=O) groups excluding carboxylic acids is 1. The summed E-state index contributed by atoms with van der Waals surface area (Å²) in [7, 11) is 1.58. The minimum atomic E-state index is -0.638. The van der Waals surface area contributed by atoms with Crippen LogP contribution in [0.3, 0.4) is 0 Å². The number of methoxy groups -OCH3 is 1. The second-order valence-electron chi connectivity index (χ2n) is 6.28. The Kier molecular flexibility index (Phi) is 5.45. The van der Waals surface area contributed by atoms with Crippen LogP contribution < -0.4 is 10.1 Å². The van der Waals surface area contributed by atoms with E-state index in [-0.39, 0.29) is 11.5 Å². The van der Waals surface area contributed by atoms with Gasteiger partial charge in [0, 0.05) is 5.56 Å². The summed E-state index contributed by atoms with van der Waals surface area (Å²) in [6.45, 7) is 0. The molecule has 0 radical (unpaired) electrons. The molecule has 150 valence electrons. The van der Waals surface area contributed by atoms with Crippen LogP contribution in [0.5, 0.6) is 5.75 Å². The van der Waals surface area contributed by atoms with Crippen LogP contribution in [0, 0.1) is 5.82 Å². The fourth-order valence-electron chi connectivity index (χ4n) is 2.87. The number of hydrogen-bond acceptors (Lipinski definition) is 4. The van der Waals surface area contributed by atoms with Crippen molar-refractivity contribution in [3.05, 3.63) is 89.5 Å². The summed E-state index contributed by atoms with van der Waals surface area (Å²) in [5.74, 6) is -0.221. The van der Waals surface area contributed by atoms with Crippen molar-refractivity contribution in [3.8, 4) is 22.8 Å². The maximum Gasteiger partial charge on any atom is 0.295 e. The van der Waals surface area contributed by atoms with Crippen LogP contribution in [0.1, 0.15) is 10.6 Å². The zero-order chi connectivity index (χ0) is 21.1. The minimum Gasteiger partial charge on any atom is -0.497 e. The van der Waals surface area contributed by atoms with Crippen molar-refractivity contribution in [1.82, 2.24) is 14.8 Å².